The van der Waals surface area contributed by atoms with Gasteiger partial charge in [0, 0.05) is 31.2 Å². The van der Waals surface area contributed by atoms with E-state index in [1.807, 2.05) is 0 Å². The van der Waals surface area contributed by atoms with Gasteiger partial charge in [-0.25, -0.2) is 36.7 Å². The molecule has 0 aliphatic heterocycles. The average Bonchev–Trinajstić information content (AvgIpc) is 3.56. The fourth-order valence-corrected chi connectivity index (χ4v) is 7.80. The van der Waals surface area contributed by atoms with E-state index in [-0.39, 0.29) is 39.6 Å². The number of aromatic nitrogens is 6. The molecule has 0 saturated carbocycles. The number of halogens is 7. The first-order chi connectivity index (χ1) is 31.3. The summed E-state index contributed by atoms with van der Waals surface area (Å²) in [4.78, 5) is 62.0. The molecule has 0 radical (unpaired) electrons. The largest absolute Gasteiger partial charge is 0.480 e. The molecule has 356 valence electrons. The third-order valence-electron chi connectivity index (χ3n) is 8.29. The zero-order chi connectivity index (χ0) is 50.1. The molecule has 2 amide bonds. The van der Waals surface area contributed by atoms with E-state index < -0.39 is 79.3 Å². The van der Waals surface area contributed by atoms with Crippen molar-refractivity contribution in [3.05, 3.63) is 110 Å². The maximum absolute atomic E-state index is 14.3. The number of benzene rings is 3. The number of carbonyl (C=O) groups excluding carboxylic acids is 2. The van der Waals surface area contributed by atoms with Crippen LogP contribution >= 0.6 is 39.1 Å². The van der Waals surface area contributed by atoms with E-state index in [0.29, 0.717) is 21.0 Å². The van der Waals surface area contributed by atoms with Gasteiger partial charge in [0.1, 0.15) is 33.5 Å². The second-order valence-electron chi connectivity index (χ2n) is 13.5. The molecule has 6 rings (SSSR count). The molecule has 6 aromatic rings. The van der Waals surface area contributed by atoms with Gasteiger partial charge in [0.25, 0.3) is 10.0 Å². The van der Waals surface area contributed by atoms with Crippen molar-refractivity contribution >= 4 is 89.9 Å². The van der Waals surface area contributed by atoms with Gasteiger partial charge in [0.05, 0.1) is 38.9 Å². The normalized spacial score (nSPS) is 11.1. The van der Waals surface area contributed by atoms with Gasteiger partial charge in [0.2, 0.25) is 5.95 Å². The number of carbonyl (C=O) groups is 4. The minimum Gasteiger partial charge on any atom is -0.480 e. The molecule has 0 bridgehead atoms. The molecule has 0 atom stereocenters. The molecule has 3 aromatic carbocycles. The molecule has 0 spiro atoms. The minimum absolute atomic E-state index is 0.0498. The van der Waals surface area contributed by atoms with Crippen LogP contribution in [-0.2, 0) is 32.8 Å². The van der Waals surface area contributed by atoms with Crippen LogP contribution in [0.25, 0.3) is 22.2 Å². The Bertz CT molecular complexity index is 2970. The maximum atomic E-state index is 14.3. The number of carboxylic acids is 2. The number of fused-ring (bicyclic) bond motifs is 1. The lowest BCUT2D eigenvalue weighted by molar-refractivity contribution is -0.144. The summed E-state index contributed by atoms with van der Waals surface area (Å²) in [5, 5.41) is 22.4. The number of urea groups is 1. The van der Waals surface area contributed by atoms with Gasteiger partial charge in [0.15, 0.2) is 12.3 Å². The highest BCUT2D eigenvalue weighted by Crippen LogP contribution is 2.41. The van der Waals surface area contributed by atoms with Crippen LogP contribution in [0.1, 0.15) is 46.1 Å². The molecule has 3 N–H and O–H groups in total. The van der Waals surface area contributed by atoms with Gasteiger partial charge in [-0.15, -0.1) is 0 Å². The summed E-state index contributed by atoms with van der Waals surface area (Å²) >= 11 is 14.6. The molecule has 0 fully saturated rings. The van der Waals surface area contributed by atoms with Crippen molar-refractivity contribution < 1.29 is 69.6 Å². The van der Waals surface area contributed by atoms with Crippen molar-refractivity contribution in [2.75, 3.05) is 25.7 Å². The lowest BCUT2D eigenvalue weighted by Crippen LogP contribution is -2.42. The number of amides is 2. The Morgan fingerprint density at radius 1 is 0.970 bits per heavy atom. The van der Waals surface area contributed by atoms with Crippen LogP contribution in [0, 0.1) is 12.7 Å². The van der Waals surface area contributed by atoms with Crippen LogP contribution in [0.15, 0.2) is 76.2 Å². The molecular formula is C40H35BrCl2F4N8O11S. The summed E-state index contributed by atoms with van der Waals surface area (Å²) in [6.45, 7) is 4.37. The number of ether oxygens (including phenoxy) is 3. The molecule has 3 aromatic heterocycles. The van der Waals surface area contributed by atoms with E-state index in [4.69, 9.17) is 47.6 Å². The summed E-state index contributed by atoms with van der Waals surface area (Å²) in [7, 11) is -0.793. The average molecular weight is 1060 g/mol. The quantitative estimate of drug-likeness (QED) is 0.0820. The van der Waals surface area contributed by atoms with Gasteiger partial charge >= 0.3 is 36.1 Å². The number of nitrogens with one attached hydrogen (secondary N) is 1. The van der Waals surface area contributed by atoms with E-state index in [0.717, 1.165) is 41.6 Å². The Kier molecular flexibility index (Phi) is 17.5. The number of pyridine rings is 1. The Morgan fingerprint density at radius 3 is 2.24 bits per heavy atom. The maximum Gasteiger partial charge on any atom is 0.434 e. The van der Waals surface area contributed by atoms with E-state index in [9.17, 15) is 45.2 Å². The van der Waals surface area contributed by atoms with Crippen LogP contribution in [-0.4, -0.2) is 99.2 Å². The fraction of sp³-hybridized carbons (Fsp3) is 0.225. The van der Waals surface area contributed by atoms with Crippen LogP contribution in [0.3, 0.4) is 0 Å². The summed E-state index contributed by atoms with van der Waals surface area (Å²) in [5.41, 5.74) is -1.76. The highest BCUT2D eigenvalue weighted by Gasteiger charge is 2.39. The summed E-state index contributed by atoms with van der Waals surface area (Å²) in [6.07, 6.45) is -3.54. The first-order valence-corrected chi connectivity index (χ1v) is 21.6. The smallest absolute Gasteiger partial charge is 0.434 e. The third kappa shape index (κ3) is 13.5. The number of anilines is 1. The van der Waals surface area contributed by atoms with Crippen molar-refractivity contribution in [3.8, 4) is 23.0 Å². The number of nitrogens with zero attached hydrogens (tertiary/aromatic N) is 7. The third-order valence-corrected chi connectivity index (χ3v) is 11.1. The van der Waals surface area contributed by atoms with E-state index in [2.05, 4.69) is 41.0 Å². The molecule has 0 saturated heterocycles. The Morgan fingerprint density at radius 2 is 1.64 bits per heavy atom. The van der Waals surface area contributed by atoms with Crippen LogP contribution in [0.2, 0.25) is 10.0 Å². The zero-order valence-corrected chi connectivity index (χ0v) is 39.3. The van der Waals surface area contributed by atoms with E-state index in [1.54, 1.807) is 56.0 Å². The Balaban J connectivity index is 0.000000226. The van der Waals surface area contributed by atoms with Crippen molar-refractivity contribution in [1.29, 1.82) is 0 Å². The minimum atomic E-state index is -4.69. The first-order valence-electron chi connectivity index (χ1n) is 18.5. The zero-order valence-electron chi connectivity index (χ0n) is 35.4. The Hall–Kier alpha value is -6.70. The molecule has 27 heteroatoms. The van der Waals surface area contributed by atoms with Crippen molar-refractivity contribution in [2.45, 2.75) is 37.9 Å². The van der Waals surface area contributed by atoms with Gasteiger partial charge in [-0.3, -0.25) is 14.6 Å². The van der Waals surface area contributed by atoms with Gasteiger partial charge < -0.3 is 24.4 Å². The number of alkyl halides is 3. The number of rotatable bonds is 11. The number of aliphatic carboxylic acids is 1. The number of methoxy groups -OCH3 is 1. The molecule has 0 aliphatic carbocycles. The first kappa shape index (κ1) is 52.9. The number of aromatic carboxylic acids is 1. The monoisotopic (exact) mass is 1060 g/mol. The topological polar surface area (TPSA) is 255 Å². The highest BCUT2D eigenvalue weighted by molar-refractivity contribution is 9.10. The van der Waals surface area contributed by atoms with Gasteiger partial charge in [-0.2, -0.15) is 33.2 Å². The second-order valence-corrected chi connectivity index (χ2v) is 16.7. The lowest BCUT2D eigenvalue weighted by Gasteiger charge is -2.17. The summed E-state index contributed by atoms with van der Waals surface area (Å²) < 4.78 is 95.2. The summed E-state index contributed by atoms with van der Waals surface area (Å²) in [5.74, 6) is -3.67. The fourth-order valence-electron chi connectivity index (χ4n) is 5.40. The van der Waals surface area contributed by atoms with Crippen LogP contribution in [0.5, 0.6) is 11.8 Å². The van der Waals surface area contributed by atoms with E-state index in [1.165, 1.54) is 26.3 Å². The lowest BCUT2D eigenvalue weighted by atomic mass is 10.1. The molecule has 19 nitrogen and oxygen atoms in total. The van der Waals surface area contributed by atoms with Gasteiger partial charge in [-0.05, 0) is 85.2 Å². The number of carboxylic acid groups (broad SMARTS) is 2. The SMILES string of the molecule is CC(C)OC(=O)c1cc(-c2nn(C)c(C(F)(F)F)c2Br)c(F)cc1Cl.COc1nc(C)nc(N(C)C(=O)NS(=O)(=O)c2ccccc2C(=O)O)n1.O=C(O)COc1ccc(Cl)c2cccnc12. The molecule has 3 heterocycles. The van der Waals surface area contributed by atoms with Crippen molar-refractivity contribution in [2.24, 2.45) is 7.05 Å². The number of aryl methyl sites for hydroxylation is 2. The molecular weight excluding hydrogens is 1030 g/mol. The van der Waals surface area contributed by atoms with Crippen molar-refractivity contribution in [1.82, 2.24) is 34.4 Å². The highest BCUT2D eigenvalue weighted by atomic mass is 79.9. The molecule has 0 unspecified atom stereocenters. The number of hydrogen-bond donors (Lipinski definition) is 3. The Labute approximate surface area is 395 Å². The number of hydrogen-bond acceptors (Lipinski definition) is 14. The van der Waals surface area contributed by atoms with Crippen molar-refractivity contribution in [3.63, 3.8) is 0 Å². The number of esters is 1. The van der Waals surface area contributed by atoms with Crippen LogP contribution in [0.4, 0.5) is 28.3 Å². The van der Waals surface area contributed by atoms with Crippen LogP contribution < -0.4 is 19.1 Å². The summed E-state index contributed by atoms with van der Waals surface area (Å²) in [6, 6.07) is 12.5. The standard InChI is InChI=1S/C15H12BrClF4N2O2.C14H15N5O6S.C11H8ClNO3/c1-6(2)25-14(24)7-4-8(10(18)5-9(7)17)12-11(16)13(15(19,20)21)23(3)22-12;1-8-15-12(17-13(16-8)25-3)19(2)14(22)18-26(23,24)10-7-5-4-6-9(10)11(20)21;12-8-3-4-9(16-6-10(14)15)11-7(8)2-1-5-13-11/h4-6H,1-3H3;4-7H,1-3H3,(H,18,22)(H,20,21);1-5H,6H2,(H,14,15). The molecule has 67 heavy (non-hydrogen) atoms. The molecule has 0 aliphatic rings. The van der Waals surface area contributed by atoms with E-state index >= 15 is 0 Å². The number of sulfonamides is 1. The van der Waals surface area contributed by atoms with Gasteiger partial charge in [-0.1, -0.05) is 35.3 Å². The second kappa shape index (κ2) is 22.2. The predicted octanol–water partition coefficient (Wildman–Crippen LogP) is 8.00. The predicted molar refractivity (Wildman–Crippen MR) is 235 cm³/mol.